The lowest BCUT2D eigenvalue weighted by molar-refractivity contribution is -0.0521. The Morgan fingerprint density at radius 2 is 1.67 bits per heavy atom. The minimum atomic E-state index is -6.35. The van der Waals surface area contributed by atoms with Gasteiger partial charge in [-0.2, -0.15) is 21.6 Å². The maximum absolute atomic E-state index is 15.4. The maximum atomic E-state index is 15.4. The highest BCUT2D eigenvalue weighted by Gasteiger charge is 2.51. The Hall–Kier alpha value is -4.33. The van der Waals surface area contributed by atoms with Crippen LogP contribution in [-0.2, 0) is 35.2 Å². The normalized spacial score (nSPS) is 15.5. The Bertz CT molecular complexity index is 1790. The fourth-order valence-electron chi connectivity index (χ4n) is 4.13. The zero-order chi connectivity index (χ0) is 31.0. The molecule has 0 saturated heterocycles. The number of alkyl halides is 3. The summed E-state index contributed by atoms with van der Waals surface area (Å²) in [5, 5.41) is 0. The quantitative estimate of drug-likeness (QED) is 0.144. The van der Waals surface area contributed by atoms with Gasteiger partial charge in [0.2, 0.25) is 5.82 Å². The van der Waals surface area contributed by atoms with Gasteiger partial charge in [0.25, 0.3) is 0 Å². The number of rotatable bonds is 6. The number of anilines is 1. The first kappa shape index (κ1) is 30.6. The zero-order valence-electron chi connectivity index (χ0n) is 21.3. The van der Waals surface area contributed by atoms with Gasteiger partial charge in [0, 0.05) is 16.7 Å². The second kappa shape index (κ2) is 11.5. The number of allylic oxidation sites excluding steroid dienone is 1. The summed E-state index contributed by atoms with van der Waals surface area (Å²) >= 11 is 1.82. The van der Waals surface area contributed by atoms with Crippen LogP contribution in [0.5, 0.6) is 5.75 Å². The van der Waals surface area contributed by atoms with Crippen molar-refractivity contribution in [3.05, 3.63) is 97.9 Å². The SMILES string of the molecule is COc1ccc(CN2C(=C=O)C3=C(N(C)C(=C=O)C=C3OS(=O)(=O)C(F)(F)F)N(c3ccc(I)cc3F)C2=C=O)cc1. The highest BCUT2D eigenvalue weighted by Crippen LogP contribution is 2.46. The van der Waals surface area contributed by atoms with Crippen molar-refractivity contribution in [3.8, 4) is 5.75 Å². The molecule has 0 unspecified atom stereocenters. The average Bonchev–Trinajstić information content (AvgIpc) is 2.93. The van der Waals surface area contributed by atoms with Crippen molar-refractivity contribution in [3.63, 3.8) is 0 Å². The molecule has 16 heteroatoms. The molecule has 0 N–H and O–H groups in total. The predicted octanol–water partition coefficient (Wildman–Crippen LogP) is 3.77. The molecular formula is C26H16F4IN3O7S. The lowest BCUT2D eigenvalue weighted by Crippen LogP contribution is -2.47. The molecule has 42 heavy (non-hydrogen) atoms. The average molecular weight is 717 g/mol. The van der Waals surface area contributed by atoms with Crippen LogP contribution in [0.1, 0.15) is 5.56 Å². The van der Waals surface area contributed by atoms with Crippen LogP contribution in [-0.4, -0.2) is 55.7 Å². The molecule has 0 aliphatic carbocycles. The summed E-state index contributed by atoms with van der Waals surface area (Å²) in [6.07, 6.45) is 0.607. The van der Waals surface area contributed by atoms with Gasteiger partial charge >= 0.3 is 15.6 Å². The molecule has 0 atom stereocenters. The molecule has 0 amide bonds. The van der Waals surface area contributed by atoms with Gasteiger partial charge in [-0.15, -0.1) is 0 Å². The number of hydrogen-bond donors (Lipinski definition) is 0. The molecule has 2 aliphatic rings. The standard InChI is InChI=1S/C26H16F4IN3O7S/c1-32-17(12-35)10-22(41-42(38,39)26(28,29)30)24-21(13-36)33(11-15-3-6-18(40-2)7-4-15)23(14-37)34(25(24)32)20-8-5-16(31)9-19(20)27/h3-10H,11H2,1-2H3. The third kappa shape index (κ3) is 5.45. The van der Waals surface area contributed by atoms with Gasteiger partial charge in [-0.25, -0.2) is 18.8 Å². The number of methoxy groups -OCH3 is 1. The number of carbonyl (C=O) groups excluding carboxylic acids is 3. The van der Waals surface area contributed by atoms with Gasteiger partial charge in [-0.05, 0) is 58.5 Å². The van der Waals surface area contributed by atoms with Crippen molar-refractivity contribution in [2.75, 3.05) is 19.1 Å². The third-order valence-electron chi connectivity index (χ3n) is 6.03. The van der Waals surface area contributed by atoms with Gasteiger partial charge in [-0.3, -0.25) is 4.90 Å². The van der Waals surface area contributed by atoms with Crippen LogP contribution in [0.25, 0.3) is 0 Å². The lowest BCUT2D eigenvalue weighted by atomic mass is 10.00. The Balaban J connectivity index is 2.06. The minimum Gasteiger partial charge on any atom is -0.497 e. The molecule has 0 aromatic heterocycles. The number of hydrogen-bond acceptors (Lipinski definition) is 10. The summed E-state index contributed by atoms with van der Waals surface area (Å²) in [6.45, 7) is -0.336. The molecule has 218 valence electrons. The maximum Gasteiger partial charge on any atom is 0.534 e. The summed E-state index contributed by atoms with van der Waals surface area (Å²) in [5.74, 6) is 1.96. The van der Waals surface area contributed by atoms with Crippen LogP contribution in [0, 0.1) is 9.39 Å². The Morgan fingerprint density at radius 1 is 1.00 bits per heavy atom. The van der Waals surface area contributed by atoms with Crippen molar-refractivity contribution in [2.45, 2.75) is 12.1 Å². The Morgan fingerprint density at radius 3 is 2.19 bits per heavy atom. The first-order valence-corrected chi connectivity index (χ1v) is 13.9. The molecule has 2 aromatic rings. The number of likely N-dealkylation sites (N-methyl/N-ethyl adjacent to an activating group) is 1. The van der Waals surface area contributed by atoms with Crippen molar-refractivity contribution in [1.82, 2.24) is 9.80 Å². The van der Waals surface area contributed by atoms with Crippen LogP contribution < -0.4 is 9.64 Å². The van der Waals surface area contributed by atoms with E-state index in [0.29, 0.717) is 21.0 Å². The molecule has 0 bridgehead atoms. The zero-order valence-corrected chi connectivity index (χ0v) is 24.3. The summed E-state index contributed by atoms with van der Waals surface area (Å²) in [6, 6.07) is 9.95. The molecule has 2 heterocycles. The van der Waals surface area contributed by atoms with E-state index in [9.17, 15) is 36.0 Å². The van der Waals surface area contributed by atoms with E-state index in [0.717, 1.165) is 20.8 Å². The Labute approximate surface area is 249 Å². The molecule has 10 nitrogen and oxygen atoms in total. The summed E-state index contributed by atoms with van der Waals surface area (Å²) in [4.78, 5) is 39.5. The van der Waals surface area contributed by atoms with Crippen molar-refractivity contribution < 1.29 is 49.3 Å². The summed E-state index contributed by atoms with van der Waals surface area (Å²) in [5.41, 5.74) is -7.72. The van der Waals surface area contributed by atoms with Gasteiger partial charge in [-0.1, -0.05) is 12.1 Å². The van der Waals surface area contributed by atoms with Crippen LogP contribution in [0.3, 0.4) is 0 Å². The minimum absolute atomic E-state index is 0.336. The van der Waals surface area contributed by atoms with E-state index < -0.39 is 55.8 Å². The predicted molar refractivity (Wildman–Crippen MR) is 147 cm³/mol. The van der Waals surface area contributed by atoms with E-state index in [1.807, 2.05) is 22.6 Å². The van der Waals surface area contributed by atoms with Crippen LogP contribution in [0.15, 0.2) is 82.9 Å². The smallest absolute Gasteiger partial charge is 0.497 e. The van der Waals surface area contributed by atoms with Crippen LogP contribution in [0.2, 0.25) is 0 Å². The largest absolute Gasteiger partial charge is 0.534 e. The number of halogens is 5. The van der Waals surface area contributed by atoms with E-state index in [-0.39, 0.29) is 12.2 Å². The number of nitrogens with zero attached hydrogens (tertiary/aromatic N) is 3. The highest BCUT2D eigenvalue weighted by atomic mass is 127. The fraction of sp³-hybridized carbons (Fsp3) is 0.154. The molecular weight excluding hydrogens is 701 g/mol. The second-order valence-electron chi connectivity index (χ2n) is 8.48. The van der Waals surface area contributed by atoms with Crippen LogP contribution >= 0.6 is 22.6 Å². The fourth-order valence-corrected chi connectivity index (χ4v) is 5.04. The van der Waals surface area contributed by atoms with E-state index in [1.54, 1.807) is 30.2 Å². The van der Waals surface area contributed by atoms with Gasteiger partial charge < -0.3 is 18.7 Å². The molecule has 2 aromatic carbocycles. The van der Waals surface area contributed by atoms with Crippen molar-refractivity contribution in [1.29, 1.82) is 0 Å². The topological polar surface area (TPSA) is 114 Å². The Kier molecular flexibility index (Phi) is 8.39. The molecule has 0 saturated carbocycles. The third-order valence-corrected chi connectivity index (χ3v) is 7.67. The van der Waals surface area contributed by atoms with E-state index in [4.69, 9.17) is 4.74 Å². The van der Waals surface area contributed by atoms with E-state index in [2.05, 4.69) is 4.18 Å². The first-order valence-electron chi connectivity index (χ1n) is 11.4. The first-order chi connectivity index (χ1) is 19.8. The van der Waals surface area contributed by atoms with E-state index >= 15 is 4.39 Å². The molecule has 4 rings (SSSR count). The summed E-state index contributed by atoms with van der Waals surface area (Å²) in [7, 11) is -3.73. The highest BCUT2D eigenvalue weighted by molar-refractivity contribution is 14.1. The summed E-state index contributed by atoms with van der Waals surface area (Å²) < 4.78 is 89.5. The molecule has 0 radical (unpaired) electrons. The lowest BCUT2D eigenvalue weighted by Gasteiger charge is -2.45. The molecule has 2 aliphatic heterocycles. The van der Waals surface area contributed by atoms with Gasteiger partial charge in [0.1, 0.15) is 28.8 Å². The van der Waals surface area contributed by atoms with Gasteiger partial charge in [0.05, 0.1) is 24.9 Å². The number of ether oxygens (including phenoxy) is 1. The van der Waals surface area contributed by atoms with Gasteiger partial charge in [0.15, 0.2) is 23.6 Å². The second-order valence-corrected chi connectivity index (χ2v) is 11.3. The van der Waals surface area contributed by atoms with E-state index in [1.165, 1.54) is 38.2 Å². The van der Waals surface area contributed by atoms with Crippen molar-refractivity contribution >= 4 is 56.2 Å². The van der Waals surface area contributed by atoms with Crippen LogP contribution in [0.4, 0.5) is 23.2 Å². The monoisotopic (exact) mass is 717 g/mol. The van der Waals surface area contributed by atoms with Crippen molar-refractivity contribution in [2.24, 2.45) is 0 Å². The number of benzene rings is 2. The molecule has 0 fully saturated rings. The molecule has 0 spiro atoms.